The molecule has 26 heavy (non-hydrogen) atoms. The summed E-state index contributed by atoms with van der Waals surface area (Å²) < 4.78 is 5.73. The monoisotopic (exact) mass is 368 g/mol. The Hall–Kier alpha value is -2.60. The number of hydrogen-bond donors (Lipinski definition) is 2. The summed E-state index contributed by atoms with van der Waals surface area (Å²) in [5.41, 5.74) is 8.57. The Kier molecular flexibility index (Phi) is 4.28. The van der Waals surface area contributed by atoms with E-state index in [0.717, 1.165) is 53.5 Å². The molecule has 0 fully saturated rings. The maximum absolute atomic E-state index is 12.8. The third-order valence-corrected chi connectivity index (χ3v) is 6.15. The van der Waals surface area contributed by atoms with Crippen LogP contribution in [-0.2, 0) is 12.8 Å². The van der Waals surface area contributed by atoms with Crippen LogP contribution in [0.3, 0.4) is 0 Å². The predicted octanol–water partition coefficient (Wildman–Crippen LogP) is 4.42. The van der Waals surface area contributed by atoms with Crippen LogP contribution < -0.4 is 11.1 Å². The summed E-state index contributed by atoms with van der Waals surface area (Å²) in [7, 11) is 0. The van der Waals surface area contributed by atoms with E-state index in [0.29, 0.717) is 16.1 Å². The first-order valence-electron chi connectivity index (χ1n) is 8.80. The van der Waals surface area contributed by atoms with Crippen molar-refractivity contribution in [3.63, 3.8) is 0 Å². The van der Waals surface area contributed by atoms with E-state index in [-0.39, 0.29) is 11.7 Å². The predicted molar refractivity (Wildman–Crippen MR) is 103 cm³/mol. The lowest BCUT2D eigenvalue weighted by Crippen LogP contribution is -2.18. The zero-order valence-electron chi connectivity index (χ0n) is 14.6. The number of carbonyl (C=O) groups excluding carboxylic acids is 2. The maximum atomic E-state index is 12.8. The first-order valence-corrected chi connectivity index (χ1v) is 9.61. The molecule has 0 saturated carbocycles. The smallest absolute Gasteiger partial charge is 0.292 e. The van der Waals surface area contributed by atoms with E-state index in [9.17, 15) is 9.59 Å². The average Bonchev–Trinajstić information content (AvgIpc) is 3.04. The minimum absolute atomic E-state index is 0.269. The number of anilines is 1. The second-order valence-electron chi connectivity index (χ2n) is 6.64. The number of thiophene rings is 1. The first kappa shape index (κ1) is 16.8. The van der Waals surface area contributed by atoms with Gasteiger partial charge >= 0.3 is 0 Å². The van der Waals surface area contributed by atoms with E-state index < -0.39 is 5.91 Å². The van der Waals surface area contributed by atoms with Crippen molar-refractivity contribution in [3.8, 4) is 0 Å². The highest BCUT2D eigenvalue weighted by Gasteiger charge is 2.26. The third-order valence-electron chi connectivity index (χ3n) is 4.94. The van der Waals surface area contributed by atoms with Gasteiger partial charge in [0, 0.05) is 15.8 Å². The van der Waals surface area contributed by atoms with Crippen LogP contribution in [-0.4, -0.2) is 11.8 Å². The minimum Gasteiger partial charge on any atom is -0.451 e. The van der Waals surface area contributed by atoms with E-state index in [1.165, 1.54) is 11.3 Å². The highest BCUT2D eigenvalue weighted by molar-refractivity contribution is 7.17. The van der Waals surface area contributed by atoms with Gasteiger partial charge in [0.1, 0.15) is 10.6 Å². The standard InChI is InChI=1S/C20H20N2O3S/c1-11-12-7-5-6-9-14(12)25-17(11)19(24)22-20-16(18(21)23)13-8-3-2-4-10-15(13)26-20/h5-7,9H,2-4,8,10H2,1H3,(H2,21,23)(H,22,24). The highest BCUT2D eigenvalue weighted by Crippen LogP contribution is 2.38. The van der Waals surface area contributed by atoms with Gasteiger partial charge in [-0.2, -0.15) is 0 Å². The van der Waals surface area contributed by atoms with E-state index >= 15 is 0 Å². The Morgan fingerprint density at radius 2 is 1.92 bits per heavy atom. The molecule has 134 valence electrons. The fourth-order valence-corrected chi connectivity index (χ4v) is 4.93. The third kappa shape index (κ3) is 2.80. The number of amides is 2. The van der Waals surface area contributed by atoms with Gasteiger partial charge in [-0.15, -0.1) is 11.3 Å². The highest BCUT2D eigenvalue weighted by atomic mass is 32.1. The maximum Gasteiger partial charge on any atom is 0.292 e. The van der Waals surface area contributed by atoms with Crippen molar-refractivity contribution in [2.24, 2.45) is 5.73 Å². The number of benzene rings is 1. The summed E-state index contributed by atoms with van der Waals surface area (Å²) in [6, 6.07) is 7.54. The molecule has 2 aromatic heterocycles. The van der Waals surface area contributed by atoms with Gasteiger partial charge < -0.3 is 15.5 Å². The van der Waals surface area contributed by atoms with Crippen molar-refractivity contribution in [2.45, 2.75) is 39.0 Å². The van der Waals surface area contributed by atoms with Crippen molar-refractivity contribution in [2.75, 3.05) is 5.32 Å². The minimum atomic E-state index is -0.485. The van der Waals surface area contributed by atoms with Crippen LogP contribution in [0, 0.1) is 6.92 Å². The summed E-state index contributed by atoms with van der Waals surface area (Å²) in [4.78, 5) is 26.0. The van der Waals surface area contributed by atoms with Crippen molar-refractivity contribution in [3.05, 3.63) is 51.6 Å². The number of nitrogens with one attached hydrogen (secondary N) is 1. The number of nitrogens with two attached hydrogens (primary N) is 1. The molecule has 0 aliphatic heterocycles. The lowest BCUT2D eigenvalue weighted by Gasteiger charge is -2.05. The first-order chi connectivity index (χ1) is 12.6. The quantitative estimate of drug-likeness (QED) is 0.671. The van der Waals surface area contributed by atoms with Crippen molar-refractivity contribution in [1.29, 1.82) is 0 Å². The molecule has 0 bridgehead atoms. The molecule has 4 rings (SSSR count). The zero-order valence-corrected chi connectivity index (χ0v) is 15.4. The molecular formula is C20H20N2O3S. The van der Waals surface area contributed by atoms with Gasteiger partial charge in [0.05, 0.1) is 5.56 Å². The molecule has 0 spiro atoms. The van der Waals surface area contributed by atoms with Crippen molar-refractivity contribution < 1.29 is 14.0 Å². The van der Waals surface area contributed by atoms with Crippen molar-refractivity contribution in [1.82, 2.24) is 0 Å². The van der Waals surface area contributed by atoms with Crippen LogP contribution in [0.15, 0.2) is 28.7 Å². The molecule has 3 aromatic rings. The largest absolute Gasteiger partial charge is 0.451 e. The average molecular weight is 368 g/mol. The number of primary amides is 1. The lowest BCUT2D eigenvalue weighted by atomic mass is 10.1. The van der Waals surface area contributed by atoms with Crippen LogP contribution >= 0.6 is 11.3 Å². The van der Waals surface area contributed by atoms with Crippen LogP contribution in [0.25, 0.3) is 11.0 Å². The number of furan rings is 1. The number of para-hydroxylation sites is 1. The number of hydrogen-bond acceptors (Lipinski definition) is 4. The molecule has 1 aromatic carbocycles. The molecule has 2 amide bonds. The van der Waals surface area contributed by atoms with Gasteiger partial charge in [-0.1, -0.05) is 24.6 Å². The number of carbonyl (C=O) groups is 2. The normalized spacial score (nSPS) is 14.0. The van der Waals surface area contributed by atoms with Crippen LogP contribution in [0.2, 0.25) is 0 Å². The van der Waals surface area contributed by atoms with E-state index in [4.69, 9.17) is 10.2 Å². The van der Waals surface area contributed by atoms with Crippen LogP contribution in [0.4, 0.5) is 5.00 Å². The van der Waals surface area contributed by atoms with Gasteiger partial charge in [-0.3, -0.25) is 9.59 Å². The summed E-state index contributed by atoms with van der Waals surface area (Å²) in [5.74, 6) is -0.566. The Bertz CT molecular complexity index is 1020. The topological polar surface area (TPSA) is 85.3 Å². The second kappa shape index (κ2) is 6.61. The number of fused-ring (bicyclic) bond motifs is 2. The molecule has 3 N–H and O–H groups in total. The Balaban J connectivity index is 1.71. The second-order valence-corrected chi connectivity index (χ2v) is 7.74. The molecule has 1 aliphatic rings. The van der Waals surface area contributed by atoms with Gasteiger partial charge in [-0.05, 0) is 44.2 Å². The zero-order chi connectivity index (χ0) is 18.3. The molecule has 0 radical (unpaired) electrons. The van der Waals surface area contributed by atoms with Crippen molar-refractivity contribution >= 4 is 39.1 Å². The van der Waals surface area contributed by atoms with Crippen LogP contribution in [0.1, 0.15) is 56.2 Å². The molecular weight excluding hydrogens is 348 g/mol. The summed E-state index contributed by atoms with van der Waals surface area (Å²) >= 11 is 1.46. The van der Waals surface area contributed by atoms with E-state index in [2.05, 4.69) is 5.32 Å². The Morgan fingerprint density at radius 3 is 2.69 bits per heavy atom. The Morgan fingerprint density at radius 1 is 1.15 bits per heavy atom. The van der Waals surface area contributed by atoms with E-state index in [1.54, 1.807) is 0 Å². The fraction of sp³-hybridized carbons (Fsp3) is 0.300. The molecule has 5 nitrogen and oxygen atoms in total. The van der Waals surface area contributed by atoms with Gasteiger partial charge in [0.25, 0.3) is 11.8 Å². The SMILES string of the molecule is Cc1c(C(=O)Nc2sc3c(c2C(N)=O)CCCCC3)oc2ccccc12. The molecule has 1 aliphatic carbocycles. The number of aryl methyl sites for hydroxylation is 2. The molecule has 2 heterocycles. The molecule has 0 saturated heterocycles. The summed E-state index contributed by atoms with van der Waals surface area (Å²) in [6.07, 6.45) is 5.06. The summed E-state index contributed by atoms with van der Waals surface area (Å²) in [6.45, 7) is 1.86. The Labute approximate surface area is 155 Å². The van der Waals surface area contributed by atoms with Gasteiger partial charge in [-0.25, -0.2) is 0 Å². The van der Waals surface area contributed by atoms with E-state index in [1.807, 2.05) is 31.2 Å². The summed E-state index contributed by atoms with van der Waals surface area (Å²) in [5, 5.41) is 4.32. The van der Waals surface area contributed by atoms with Crippen LogP contribution in [0.5, 0.6) is 0 Å². The number of rotatable bonds is 3. The molecule has 0 atom stereocenters. The van der Waals surface area contributed by atoms with Gasteiger partial charge in [0.15, 0.2) is 5.76 Å². The molecule has 0 unspecified atom stereocenters. The molecule has 6 heteroatoms. The van der Waals surface area contributed by atoms with Gasteiger partial charge in [0.2, 0.25) is 0 Å². The lowest BCUT2D eigenvalue weighted by molar-refractivity contribution is 0.0998. The fourth-order valence-electron chi connectivity index (χ4n) is 3.64.